The van der Waals surface area contributed by atoms with Crippen molar-refractivity contribution in [2.45, 2.75) is 96.2 Å². The van der Waals surface area contributed by atoms with Crippen LogP contribution >= 0.6 is 0 Å². The Kier molecular flexibility index (Phi) is 19.4. The third-order valence-corrected chi connectivity index (χ3v) is 9.59. The molecule has 2 aliphatic heterocycles. The Morgan fingerprint density at radius 3 is 1.80 bits per heavy atom. The van der Waals surface area contributed by atoms with Crippen molar-refractivity contribution in [3.63, 3.8) is 0 Å². The highest BCUT2D eigenvalue weighted by atomic mass is 19.4. The summed E-state index contributed by atoms with van der Waals surface area (Å²) in [5.74, 6) is -3.00. The van der Waals surface area contributed by atoms with Gasteiger partial charge >= 0.3 is 12.4 Å². The normalized spacial score (nSPS) is 15.9. The highest BCUT2D eigenvalue weighted by molar-refractivity contribution is 6.08. The van der Waals surface area contributed by atoms with Crippen molar-refractivity contribution in [3.8, 4) is 11.5 Å². The summed E-state index contributed by atoms with van der Waals surface area (Å²) in [6.45, 7) is 5.66. The minimum absolute atomic E-state index is 0.0329. The van der Waals surface area contributed by atoms with Crippen LogP contribution in [0.5, 0.6) is 11.5 Å². The summed E-state index contributed by atoms with van der Waals surface area (Å²) in [4.78, 5) is 56.2. The molecule has 0 aliphatic carbocycles. The van der Waals surface area contributed by atoms with Crippen LogP contribution in [0.2, 0.25) is 0 Å². The van der Waals surface area contributed by atoms with E-state index in [0.29, 0.717) is 83.4 Å². The van der Waals surface area contributed by atoms with Gasteiger partial charge in [0, 0.05) is 38.3 Å². The number of anilines is 3. The van der Waals surface area contributed by atoms with Gasteiger partial charge in [0.2, 0.25) is 5.91 Å². The highest BCUT2D eigenvalue weighted by Gasteiger charge is 2.36. The molecule has 24 heteroatoms. The molecule has 1 aromatic heterocycles. The van der Waals surface area contributed by atoms with Crippen LogP contribution in [0, 0.1) is 5.41 Å². The number of aliphatic imine (C=N–C) groups is 2. The summed E-state index contributed by atoms with van der Waals surface area (Å²) in [6.07, 6.45) is -3.97. The molecule has 0 spiro atoms. The quantitative estimate of drug-likeness (QED) is 0.0285. The Labute approximate surface area is 376 Å². The minimum atomic E-state index is -4.91. The number of benzene rings is 2. The average Bonchev–Trinajstić information content (AvgIpc) is 3.96. The van der Waals surface area contributed by atoms with Crippen LogP contribution in [0.3, 0.4) is 0 Å². The number of alkyl halides is 6. The van der Waals surface area contributed by atoms with Gasteiger partial charge < -0.3 is 53.3 Å². The van der Waals surface area contributed by atoms with Gasteiger partial charge in [-0.2, -0.15) is 26.3 Å². The number of amides is 3. The van der Waals surface area contributed by atoms with Gasteiger partial charge in [0.25, 0.3) is 11.8 Å². The molecule has 0 bridgehead atoms. The molecule has 3 amide bonds. The monoisotopic (exact) mass is 935 g/mol. The second-order valence-corrected chi connectivity index (χ2v) is 15.2. The minimum Gasteiger partial charge on any atom is -0.485 e. The Morgan fingerprint density at radius 2 is 1.30 bits per heavy atom. The number of ether oxygens (including phenoxy) is 2. The maximum absolute atomic E-state index is 14.2. The van der Waals surface area contributed by atoms with Crippen LogP contribution in [0.15, 0.2) is 46.6 Å². The van der Waals surface area contributed by atoms with Crippen molar-refractivity contribution in [3.05, 3.63) is 59.2 Å². The first-order valence-corrected chi connectivity index (χ1v) is 21.1. The molecule has 18 nitrogen and oxygen atoms in total. The largest absolute Gasteiger partial charge is 0.485 e. The van der Waals surface area contributed by atoms with Crippen molar-refractivity contribution < 1.29 is 50.2 Å². The second kappa shape index (κ2) is 24.7. The van der Waals surface area contributed by atoms with Crippen LogP contribution in [0.25, 0.3) is 0 Å². The van der Waals surface area contributed by atoms with E-state index < -0.39 is 76.2 Å². The molecule has 12 N–H and O–H groups in total. The number of aromatic nitrogens is 2. The summed E-state index contributed by atoms with van der Waals surface area (Å²) in [7, 11) is 0. The van der Waals surface area contributed by atoms with E-state index in [-0.39, 0.29) is 41.1 Å². The number of nitrogens with one attached hydrogen (secondary N) is 6. The van der Waals surface area contributed by atoms with Crippen LogP contribution in [0.1, 0.15) is 104 Å². The molecule has 2 saturated heterocycles. The molecule has 0 saturated carbocycles. The van der Waals surface area contributed by atoms with Crippen molar-refractivity contribution in [2.75, 3.05) is 48.7 Å². The van der Waals surface area contributed by atoms with E-state index in [1.54, 1.807) is 0 Å². The van der Waals surface area contributed by atoms with Gasteiger partial charge in [-0.3, -0.25) is 29.8 Å². The molecular weight excluding hydrogens is 881 g/mol. The fourth-order valence-electron chi connectivity index (χ4n) is 6.43. The lowest BCUT2D eigenvalue weighted by Gasteiger charge is -2.22. The molecule has 5 rings (SSSR count). The first-order valence-electron chi connectivity index (χ1n) is 21.1. The van der Waals surface area contributed by atoms with E-state index in [9.17, 15) is 40.7 Å². The Bertz CT molecular complexity index is 2200. The van der Waals surface area contributed by atoms with E-state index in [2.05, 4.69) is 46.5 Å². The maximum Gasteiger partial charge on any atom is 0.416 e. The lowest BCUT2D eigenvalue weighted by Crippen LogP contribution is -2.24. The van der Waals surface area contributed by atoms with Crippen molar-refractivity contribution in [1.29, 1.82) is 5.41 Å². The third kappa shape index (κ3) is 16.8. The predicted molar refractivity (Wildman–Crippen MR) is 238 cm³/mol. The first-order chi connectivity index (χ1) is 31.2. The van der Waals surface area contributed by atoms with Crippen molar-refractivity contribution >= 4 is 58.5 Å². The molecular formula is C42H55F6N13O5. The van der Waals surface area contributed by atoms with Gasteiger partial charge in [-0.25, -0.2) is 9.97 Å². The lowest BCUT2D eigenvalue weighted by molar-refractivity contribution is -0.138. The van der Waals surface area contributed by atoms with Crippen LogP contribution < -0.4 is 53.3 Å². The smallest absolute Gasteiger partial charge is 0.416 e. The number of unbranched alkanes of at least 4 members (excludes halogenated alkanes) is 4. The molecule has 3 aromatic rings. The number of amidine groups is 1. The lowest BCUT2D eigenvalue weighted by atomic mass is 10.1. The number of nitrogens with zero attached hydrogens (tertiary/aromatic N) is 4. The molecule has 2 atom stereocenters. The molecule has 2 fully saturated rings. The van der Waals surface area contributed by atoms with Crippen molar-refractivity contribution in [2.24, 2.45) is 27.2 Å². The zero-order valence-electron chi connectivity index (χ0n) is 36.4. The highest BCUT2D eigenvalue weighted by Crippen LogP contribution is 2.44. The van der Waals surface area contributed by atoms with Crippen LogP contribution in [-0.4, -0.2) is 90.6 Å². The van der Waals surface area contributed by atoms with Gasteiger partial charge in [-0.15, -0.1) is 0 Å². The number of carbonyl (C=O) groups excluding carboxylic acids is 3. The molecule has 2 aromatic carbocycles. The number of hydrogen-bond acceptors (Lipinski definition) is 12. The van der Waals surface area contributed by atoms with Crippen molar-refractivity contribution in [1.82, 2.24) is 20.6 Å². The number of halogens is 6. The van der Waals surface area contributed by atoms with Gasteiger partial charge in [-0.05, 0) is 82.8 Å². The van der Waals surface area contributed by atoms with E-state index in [1.165, 1.54) is 13.1 Å². The number of rotatable bonds is 19. The Balaban J connectivity index is 0.00000228. The number of hydrogen-bond donors (Lipinski definition) is 9. The molecule has 0 radical (unpaired) electrons. The summed E-state index contributed by atoms with van der Waals surface area (Å²) >= 11 is 0. The number of nitrogens with two attached hydrogens (primary N) is 3. The van der Waals surface area contributed by atoms with Gasteiger partial charge in [-0.1, -0.05) is 19.8 Å². The van der Waals surface area contributed by atoms with Gasteiger partial charge in [0.05, 0.1) is 34.0 Å². The number of carbonyl (C=O) groups is 3. The van der Waals surface area contributed by atoms with E-state index >= 15 is 0 Å². The first kappa shape index (κ1) is 52.1. The second-order valence-electron chi connectivity index (χ2n) is 15.2. The number of guanidine groups is 1. The zero-order valence-corrected chi connectivity index (χ0v) is 36.4. The van der Waals surface area contributed by atoms with E-state index in [1.807, 2.05) is 6.92 Å². The predicted octanol–water partition coefficient (Wildman–Crippen LogP) is 6.11. The summed E-state index contributed by atoms with van der Waals surface area (Å²) in [6, 6.07) is 3.77. The Morgan fingerprint density at radius 1 is 0.788 bits per heavy atom. The molecule has 3 heterocycles. The van der Waals surface area contributed by atoms with E-state index in [0.717, 1.165) is 37.4 Å². The maximum atomic E-state index is 14.2. The van der Waals surface area contributed by atoms with Gasteiger partial charge in [0.1, 0.15) is 35.6 Å². The SMILES string of the molecule is CC(=N)N.CCCCCC(=O)Nc1cc(C(F)(F)F)cc(NC(=O)c2cc(C(=O)Nc3cc(C(F)(F)F)cc(N=CCCCCN=C(N)N)c3O[C@H]3CCNC3)ncn2)c1O[C@H]1CCNC1. The molecule has 0 unspecified atom stereocenters. The fourth-order valence-corrected chi connectivity index (χ4v) is 6.43. The topological polar surface area (TPSA) is 282 Å². The third-order valence-electron chi connectivity index (χ3n) is 9.59. The summed E-state index contributed by atoms with van der Waals surface area (Å²) < 4.78 is 97.5. The van der Waals surface area contributed by atoms with Gasteiger partial charge in [0.15, 0.2) is 17.5 Å². The van der Waals surface area contributed by atoms with Crippen LogP contribution in [-0.2, 0) is 17.1 Å². The van der Waals surface area contributed by atoms with E-state index in [4.69, 9.17) is 32.1 Å². The Hall–Kier alpha value is -6.56. The standard InChI is InChI=1S/C40H49F6N11O5.C2H6N2/c1-2-3-5-8-33(58)55-28-16-24(40(44,45)46)18-30(35(28)62-26-10-14-50-21-26)57-37(60)32-19-31(53-22-54-32)36(59)56-29-17-23(39(41,42)43)15-27(34(29)61-25-9-13-49-20-25)51-11-6-4-7-12-52-38(47)48;1-2(3)4/h11,15-19,22,25-26,49-50H,2-10,12-14,20-21H2,1H3,(H,55,58)(H,56,59)(H,57,60)(H4,47,48,52);1H3,(H3,3,4)/t25-,26-;/m0./s1. The summed E-state index contributed by atoms with van der Waals surface area (Å²) in [5.41, 5.74) is 10.7. The average molecular weight is 936 g/mol. The molecule has 2 aliphatic rings. The zero-order chi connectivity index (χ0) is 48.4. The molecule has 360 valence electrons. The van der Waals surface area contributed by atoms with Crippen LogP contribution in [0.4, 0.5) is 49.1 Å². The summed E-state index contributed by atoms with van der Waals surface area (Å²) in [5, 5.41) is 19.7. The molecule has 66 heavy (non-hydrogen) atoms. The fraction of sp³-hybridized carbons (Fsp3) is 0.476.